The first kappa shape index (κ1) is 20.0. The molecule has 3 aromatic rings. The van der Waals surface area contributed by atoms with Crippen molar-refractivity contribution in [1.29, 1.82) is 0 Å². The Labute approximate surface area is 173 Å². The van der Waals surface area contributed by atoms with E-state index in [0.717, 1.165) is 12.4 Å². The van der Waals surface area contributed by atoms with Gasteiger partial charge >= 0.3 is 6.18 Å². The van der Waals surface area contributed by atoms with Crippen LogP contribution in [0, 0.1) is 5.82 Å². The number of anilines is 1. The monoisotopic (exact) mass is 439 g/mol. The highest BCUT2D eigenvalue weighted by atomic mass is 19.4. The molecule has 0 spiro atoms. The third-order valence-corrected chi connectivity index (χ3v) is 5.76. The molecule has 5 rings (SSSR count). The number of alkyl halides is 4. The third kappa shape index (κ3) is 3.67. The molecule has 1 aromatic carbocycles. The summed E-state index contributed by atoms with van der Waals surface area (Å²) in [5.41, 5.74) is -0.270. The van der Waals surface area contributed by atoms with Crippen LogP contribution in [-0.2, 0) is 6.18 Å². The van der Waals surface area contributed by atoms with E-state index in [1.54, 1.807) is 6.07 Å². The number of hydrogen-bond acceptors (Lipinski definition) is 5. The second kappa shape index (κ2) is 7.33. The lowest BCUT2D eigenvalue weighted by molar-refractivity contribution is -0.140. The summed E-state index contributed by atoms with van der Waals surface area (Å²) in [6, 6.07) is 4.24. The molecular formula is C20H18F5N5O. The van der Waals surface area contributed by atoms with Gasteiger partial charge in [-0.25, -0.2) is 18.7 Å². The van der Waals surface area contributed by atoms with Gasteiger partial charge in [-0.1, -0.05) is 6.07 Å². The number of ether oxygens (including phenoxy) is 1. The number of nitrogens with zero attached hydrogens (tertiary/aromatic N) is 3. The number of nitrogens with one attached hydrogen (secondary N) is 2. The zero-order valence-electron chi connectivity index (χ0n) is 16.1. The number of halogens is 5. The van der Waals surface area contributed by atoms with Crippen molar-refractivity contribution < 1.29 is 26.7 Å². The van der Waals surface area contributed by atoms with Gasteiger partial charge in [0, 0.05) is 24.7 Å². The van der Waals surface area contributed by atoms with E-state index in [-0.39, 0.29) is 36.0 Å². The number of rotatable bonds is 3. The fraction of sp³-hybridized carbons (Fsp3) is 0.400. The summed E-state index contributed by atoms with van der Waals surface area (Å²) < 4.78 is 72.8. The van der Waals surface area contributed by atoms with Crippen molar-refractivity contribution in [2.24, 2.45) is 0 Å². The van der Waals surface area contributed by atoms with Crippen molar-refractivity contribution in [3.05, 3.63) is 47.7 Å². The SMILES string of the molecule is Fc1ccc2c(c1)OCC(N1CCC(F)C1)C2Nc1ncnc2[nH]c(C(F)(F)F)cc12. The van der Waals surface area contributed by atoms with Crippen LogP contribution in [0.15, 0.2) is 30.6 Å². The lowest BCUT2D eigenvalue weighted by atomic mass is 9.95. The van der Waals surface area contributed by atoms with Crippen LogP contribution in [0.4, 0.5) is 27.8 Å². The predicted octanol–water partition coefficient (Wildman–Crippen LogP) is 4.07. The van der Waals surface area contributed by atoms with E-state index in [2.05, 4.69) is 20.3 Å². The number of H-pyrrole nitrogens is 1. The highest BCUT2D eigenvalue weighted by molar-refractivity contribution is 5.88. The number of hydrogen-bond donors (Lipinski definition) is 2. The molecule has 1 saturated heterocycles. The van der Waals surface area contributed by atoms with E-state index < -0.39 is 29.9 Å². The number of aromatic amines is 1. The first-order valence-corrected chi connectivity index (χ1v) is 9.77. The van der Waals surface area contributed by atoms with Crippen LogP contribution in [0.25, 0.3) is 11.0 Å². The summed E-state index contributed by atoms with van der Waals surface area (Å²) in [5.74, 6) is 0.0610. The van der Waals surface area contributed by atoms with E-state index in [4.69, 9.17) is 4.74 Å². The summed E-state index contributed by atoms with van der Waals surface area (Å²) in [5, 5.41) is 3.38. The minimum absolute atomic E-state index is 0.0396. The highest BCUT2D eigenvalue weighted by Gasteiger charge is 2.39. The Bertz CT molecular complexity index is 1120. The molecule has 0 amide bonds. The maximum atomic E-state index is 13.9. The minimum Gasteiger partial charge on any atom is -0.491 e. The Balaban J connectivity index is 1.55. The molecule has 2 aromatic heterocycles. The van der Waals surface area contributed by atoms with Gasteiger partial charge in [-0.05, 0) is 18.6 Å². The fourth-order valence-electron chi connectivity index (χ4n) is 4.26. The maximum Gasteiger partial charge on any atom is 0.431 e. The number of fused-ring (bicyclic) bond motifs is 2. The molecule has 4 heterocycles. The molecule has 2 N–H and O–H groups in total. The summed E-state index contributed by atoms with van der Waals surface area (Å²) in [6.07, 6.45) is -3.96. The largest absolute Gasteiger partial charge is 0.491 e. The van der Waals surface area contributed by atoms with Crippen molar-refractivity contribution in [2.75, 3.05) is 25.0 Å². The smallest absolute Gasteiger partial charge is 0.431 e. The molecule has 31 heavy (non-hydrogen) atoms. The lowest BCUT2D eigenvalue weighted by Gasteiger charge is -2.39. The molecule has 164 valence electrons. The number of benzene rings is 1. The zero-order chi connectivity index (χ0) is 21.8. The van der Waals surface area contributed by atoms with E-state index in [1.807, 2.05) is 4.90 Å². The van der Waals surface area contributed by atoms with Crippen LogP contribution in [0.2, 0.25) is 0 Å². The normalized spacial score (nSPS) is 24.2. The molecule has 3 unspecified atom stereocenters. The Hall–Kier alpha value is -2.95. The second-order valence-corrected chi connectivity index (χ2v) is 7.73. The highest BCUT2D eigenvalue weighted by Crippen LogP contribution is 2.39. The molecule has 6 nitrogen and oxygen atoms in total. The topological polar surface area (TPSA) is 66.1 Å². The van der Waals surface area contributed by atoms with Crippen molar-refractivity contribution in [2.45, 2.75) is 30.9 Å². The van der Waals surface area contributed by atoms with Crippen molar-refractivity contribution >= 4 is 16.9 Å². The number of likely N-dealkylation sites (tertiary alicyclic amines) is 1. The van der Waals surface area contributed by atoms with Gasteiger partial charge in [0.25, 0.3) is 0 Å². The molecule has 0 aliphatic carbocycles. The van der Waals surface area contributed by atoms with Crippen LogP contribution in [0.5, 0.6) is 5.75 Å². The van der Waals surface area contributed by atoms with Crippen LogP contribution >= 0.6 is 0 Å². The van der Waals surface area contributed by atoms with Gasteiger partial charge in [-0.3, -0.25) is 4.90 Å². The first-order valence-electron chi connectivity index (χ1n) is 9.77. The van der Waals surface area contributed by atoms with Crippen LogP contribution in [0.1, 0.15) is 23.7 Å². The molecule has 11 heteroatoms. The van der Waals surface area contributed by atoms with Gasteiger partial charge in [-0.15, -0.1) is 0 Å². The summed E-state index contributed by atoms with van der Waals surface area (Å²) in [4.78, 5) is 12.2. The zero-order valence-corrected chi connectivity index (χ0v) is 16.1. The molecule has 0 bridgehead atoms. The van der Waals surface area contributed by atoms with Gasteiger partial charge in [-0.2, -0.15) is 13.2 Å². The Kier molecular flexibility index (Phi) is 4.72. The van der Waals surface area contributed by atoms with Crippen molar-refractivity contribution in [3.8, 4) is 5.75 Å². The van der Waals surface area contributed by atoms with E-state index in [9.17, 15) is 22.0 Å². The molecule has 2 aliphatic rings. The van der Waals surface area contributed by atoms with Gasteiger partial charge in [0.1, 0.15) is 47.8 Å². The Morgan fingerprint density at radius 1 is 1.19 bits per heavy atom. The van der Waals surface area contributed by atoms with Crippen molar-refractivity contribution in [3.63, 3.8) is 0 Å². The predicted molar refractivity (Wildman–Crippen MR) is 102 cm³/mol. The van der Waals surface area contributed by atoms with Gasteiger partial charge in [0.2, 0.25) is 0 Å². The number of aromatic nitrogens is 3. The van der Waals surface area contributed by atoms with Crippen LogP contribution < -0.4 is 10.1 Å². The van der Waals surface area contributed by atoms with E-state index in [1.165, 1.54) is 12.1 Å². The van der Waals surface area contributed by atoms with Crippen LogP contribution in [-0.4, -0.2) is 51.8 Å². The molecule has 3 atom stereocenters. The first-order chi connectivity index (χ1) is 14.8. The van der Waals surface area contributed by atoms with Crippen LogP contribution in [0.3, 0.4) is 0 Å². The standard InChI is InChI=1S/C20H18F5N5O/c21-10-1-2-12-15(5-10)31-8-14(30-4-3-11(22)7-30)17(12)29-19-13-6-16(20(23,24)25)28-18(13)26-9-27-19/h1-2,5-6,9,11,14,17H,3-4,7-8H2,(H2,26,27,28,29). The van der Waals surface area contributed by atoms with Gasteiger partial charge in [0.15, 0.2) is 0 Å². The van der Waals surface area contributed by atoms with Gasteiger partial charge < -0.3 is 15.0 Å². The Morgan fingerprint density at radius 2 is 2.03 bits per heavy atom. The van der Waals surface area contributed by atoms with Crippen molar-refractivity contribution in [1.82, 2.24) is 19.9 Å². The summed E-state index contributed by atoms with van der Waals surface area (Å²) in [7, 11) is 0. The average Bonchev–Trinajstić information content (AvgIpc) is 3.35. The fourth-order valence-corrected chi connectivity index (χ4v) is 4.26. The van der Waals surface area contributed by atoms with Gasteiger partial charge in [0.05, 0.1) is 17.5 Å². The molecule has 2 aliphatic heterocycles. The molecule has 1 fully saturated rings. The lowest BCUT2D eigenvalue weighted by Crippen LogP contribution is -2.47. The summed E-state index contributed by atoms with van der Waals surface area (Å²) >= 11 is 0. The molecule has 0 radical (unpaired) electrons. The molecule has 0 saturated carbocycles. The quantitative estimate of drug-likeness (QED) is 0.603. The maximum absolute atomic E-state index is 13.9. The Morgan fingerprint density at radius 3 is 2.77 bits per heavy atom. The third-order valence-electron chi connectivity index (χ3n) is 5.76. The minimum atomic E-state index is -4.56. The van der Waals surface area contributed by atoms with E-state index >= 15 is 0 Å². The molecular weight excluding hydrogens is 421 g/mol. The second-order valence-electron chi connectivity index (χ2n) is 7.73. The average molecular weight is 439 g/mol. The summed E-state index contributed by atoms with van der Waals surface area (Å²) in [6.45, 7) is 0.922. The van der Waals surface area contributed by atoms with E-state index in [0.29, 0.717) is 24.3 Å².